The third kappa shape index (κ3) is 5.36. The Morgan fingerprint density at radius 3 is 2.36 bits per heavy atom. The fourth-order valence-corrected chi connectivity index (χ4v) is 4.33. The highest BCUT2D eigenvalue weighted by Crippen LogP contribution is 2.23. The number of carbonyl (C=O) groups excluding carboxylic acids is 2. The van der Waals surface area contributed by atoms with Crippen molar-refractivity contribution in [3.63, 3.8) is 0 Å². The summed E-state index contributed by atoms with van der Waals surface area (Å²) in [7, 11) is 1.66. The van der Waals surface area contributed by atoms with Crippen LogP contribution in [0.4, 0.5) is 4.79 Å². The number of amides is 2. The van der Waals surface area contributed by atoms with Crippen molar-refractivity contribution in [2.24, 2.45) is 0 Å². The van der Waals surface area contributed by atoms with Crippen molar-refractivity contribution >= 4 is 22.8 Å². The zero-order chi connectivity index (χ0) is 23.6. The molecular formula is C28H32N2O3. The van der Waals surface area contributed by atoms with Gasteiger partial charge in [0.05, 0.1) is 0 Å². The van der Waals surface area contributed by atoms with Crippen LogP contribution in [-0.2, 0) is 28.9 Å². The Labute approximate surface area is 195 Å². The second-order valence-electron chi connectivity index (χ2n) is 9.77. The number of carbonyl (C=O) groups is 2. The third-order valence-electron chi connectivity index (χ3n) is 6.12. The van der Waals surface area contributed by atoms with Crippen LogP contribution in [0, 0.1) is 0 Å². The van der Waals surface area contributed by atoms with Crippen LogP contribution >= 0.6 is 0 Å². The highest BCUT2D eigenvalue weighted by molar-refractivity contribution is 5.87. The van der Waals surface area contributed by atoms with Crippen LogP contribution in [0.25, 0.3) is 10.8 Å². The van der Waals surface area contributed by atoms with Crippen LogP contribution in [0.1, 0.15) is 37.5 Å². The summed E-state index contributed by atoms with van der Waals surface area (Å²) in [5, 5.41) is 2.27. The van der Waals surface area contributed by atoms with Crippen molar-refractivity contribution in [2.75, 3.05) is 13.6 Å². The standard InChI is InChI=1S/C28H32N2O3/c1-28(2,3)33-27(32)29(4)25(18-20-13-14-21-9-5-7-11-23(21)17-20)26(31)30-16-15-22-10-6-8-12-24(22)19-30/h5-14,17,25H,15-16,18-19H2,1-4H3/t25-/m1/s1. The molecule has 2 amide bonds. The Hall–Kier alpha value is -3.34. The molecule has 0 spiro atoms. The Balaban J connectivity index is 1.61. The van der Waals surface area contributed by atoms with E-state index in [4.69, 9.17) is 4.74 Å². The van der Waals surface area contributed by atoms with Gasteiger partial charge >= 0.3 is 6.09 Å². The lowest BCUT2D eigenvalue weighted by atomic mass is 9.97. The van der Waals surface area contributed by atoms with Crippen LogP contribution in [0.2, 0.25) is 0 Å². The van der Waals surface area contributed by atoms with Gasteiger partial charge in [-0.3, -0.25) is 9.69 Å². The van der Waals surface area contributed by atoms with E-state index in [-0.39, 0.29) is 5.91 Å². The van der Waals surface area contributed by atoms with Gasteiger partial charge in [0.15, 0.2) is 0 Å². The van der Waals surface area contributed by atoms with Gasteiger partial charge in [-0.25, -0.2) is 4.79 Å². The van der Waals surface area contributed by atoms with Crippen LogP contribution in [0.3, 0.4) is 0 Å². The number of benzene rings is 3. The number of hydrogen-bond donors (Lipinski definition) is 0. The quantitative estimate of drug-likeness (QED) is 0.556. The van der Waals surface area contributed by atoms with E-state index in [1.165, 1.54) is 16.0 Å². The van der Waals surface area contributed by atoms with Gasteiger partial charge in [0, 0.05) is 26.6 Å². The highest BCUT2D eigenvalue weighted by Gasteiger charge is 2.34. The second-order valence-corrected chi connectivity index (χ2v) is 9.77. The molecule has 1 aliphatic rings. The average molecular weight is 445 g/mol. The minimum absolute atomic E-state index is 0.0500. The van der Waals surface area contributed by atoms with Crippen molar-refractivity contribution in [1.82, 2.24) is 9.80 Å². The summed E-state index contributed by atoms with van der Waals surface area (Å²) in [6.45, 7) is 6.71. The van der Waals surface area contributed by atoms with Crippen molar-refractivity contribution in [3.05, 3.63) is 83.4 Å². The maximum absolute atomic E-state index is 13.8. The molecule has 33 heavy (non-hydrogen) atoms. The zero-order valence-corrected chi connectivity index (χ0v) is 19.9. The van der Waals surface area contributed by atoms with Crippen molar-refractivity contribution < 1.29 is 14.3 Å². The maximum atomic E-state index is 13.8. The van der Waals surface area contributed by atoms with E-state index in [1.54, 1.807) is 7.05 Å². The van der Waals surface area contributed by atoms with Gasteiger partial charge in [-0.2, -0.15) is 0 Å². The number of nitrogens with zero attached hydrogens (tertiary/aromatic N) is 2. The number of ether oxygens (including phenoxy) is 1. The summed E-state index contributed by atoms with van der Waals surface area (Å²) in [6, 6.07) is 22.0. The maximum Gasteiger partial charge on any atom is 0.410 e. The molecule has 0 saturated heterocycles. The van der Waals surface area contributed by atoms with Gasteiger partial charge < -0.3 is 9.64 Å². The smallest absolute Gasteiger partial charge is 0.410 e. The summed E-state index contributed by atoms with van der Waals surface area (Å²) in [5.74, 6) is -0.0500. The molecule has 172 valence electrons. The molecule has 4 rings (SSSR count). The van der Waals surface area contributed by atoms with Gasteiger partial charge in [-0.05, 0) is 54.7 Å². The first-order valence-electron chi connectivity index (χ1n) is 11.5. The molecule has 0 bridgehead atoms. The lowest BCUT2D eigenvalue weighted by Crippen LogP contribution is -2.52. The predicted octanol–water partition coefficient (Wildman–Crippen LogP) is 5.20. The molecule has 3 aromatic rings. The van der Waals surface area contributed by atoms with Crippen LogP contribution in [0.15, 0.2) is 66.7 Å². The van der Waals surface area contributed by atoms with E-state index in [1.807, 2.05) is 56.0 Å². The minimum atomic E-state index is -0.647. The Morgan fingerprint density at radius 2 is 1.64 bits per heavy atom. The van der Waals surface area contributed by atoms with E-state index in [0.29, 0.717) is 19.5 Å². The number of likely N-dealkylation sites (N-methyl/N-ethyl adjacent to an activating group) is 1. The molecule has 0 aliphatic carbocycles. The fraction of sp³-hybridized carbons (Fsp3) is 0.357. The van der Waals surface area contributed by atoms with E-state index in [2.05, 4.69) is 36.4 Å². The van der Waals surface area contributed by atoms with Crippen LogP contribution in [0.5, 0.6) is 0 Å². The molecule has 1 atom stereocenters. The van der Waals surface area contributed by atoms with Gasteiger partial charge in [0.2, 0.25) is 5.91 Å². The normalized spacial score (nSPS) is 14.5. The molecular weight excluding hydrogens is 412 g/mol. The molecule has 0 unspecified atom stereocenters. The molecule has 0 fully saturated rings. The molecule has 0 N–H and O–H groups in total. The average Bonchev–Trinajstić information content (AvgIpc) is 2.80. The summed E-state index contributed by atoms with van der Waals surface area (Å²) in [4.78, 5) is 30.0. The van der Waals surface area contributed by atoms with Crippen LogP contribution < -0.4 is 0 Å². The lowest BCUT2D eigenvalue weighted by molar-refractivity contribution is -0.137. The molecule has 5 nitrogen and oxygen atoms in total. The topological polar surface area (TPSA) is 49.9 Å². The first-order valence-corrected chi connectivity index (χ1v) is 11.5. The van der Waals surface area contributed by atoms with E-state index in [9.17, 15) is 9.59 Å². The molecule has 1 heterocycles. The van der Waals surface area contributed by atoms with Gasteiger partial charge in [-0.1, -0.05) is 66.7 Å². The van der Waals surface area contributed by atoms with Crippen molar-refractivity contribution in [2.45, 2.75) is 51.8 Å². The first-order chi connectivity index (χ1) is 15.7. The van der Waals surface area contributed by atoms with Crippen molar-refractivity contribution in [1.29, 1.82) is 0 Å². The predicted molar refractivity (Wildman–Crippen MR) is 131 cm³/mol. The highest BCUT2D eigenvalue weighted by atomic mass is 16.6. The molecule has 0 saturated carbocycles. The summed E-state index contributed by atoms with van der Waals surface area (Å²) in [5.41, 5.74) is 2.83. The number of rotatable bonds is 4. The molecule has 0 radical (unpaired) electrons. The van der Waals surface area contributed by atoms with Crippen LogP contribution in [-0.4, -0.2) is 47.0 Å². The largest absolute Gasteiger partial charge is 0.444 e. The lowest BCUT2D eigenvalue weighted by Gasteiger charge is -2.36. The molecule has 0 aromatic heterocycles. The molecule has 1 aliphatic heterocycles. The van der Waals surface area contributed by atoms with E-state index >= 15 is 0 Å². The zero-order valence-electron chi connectivity index (χ0n) is 19.9. The Bertz CT molecular complexity index is 1170. The fourth-order valence-electron chi connectivity index (χ4n) is 4.33. The number of hydrogen-bond acceptors (Lipinski definition) is 3. The Morgan fingerprint density at radius 1 is 0.970 bits per heavy atom. The summed E-state index contributed by atoms with van der Waals surface area (Å²) >= 11 is 0. The van der Waals surface area contributed by atoms with Gasteiger partial charge in [-0.15, -0.1) is 0 Å². The first kappa shape index (κ1) is 22.8. The summed E-state index contributed by atoms with van der Waals surface area (Å²) < 4.78 is 5.60. The SMILES string of the molecule is CN(C(=O)OC(C)(C)C)[C@H](Cc1ccc2ccccc2c1)C(=O)N1CCc2ccccc2C1. The monoisotopic (exact) mass is 444 g/mol. The van der Waals surface area contributed by atoms with Gasteiger partial charge in [0.1, 0.15) is 11.6 Å². The second kappa shape index (κ2) is 9.26. The Kier molecular flexibility index (Phi) is 6.41. The van der Waals surface area contributed by atoms with Gasteiger partial charge in [0.25, 0.3) is 0 Å². The van der Waals surface area contributed by atoms with E-state index in [0.717, 1.165) is 22.8 Å². The van der Waals surface area contributed by atoms with Crippen molar-refractivity contribution in [3.8, 4) is 0 Å². The third-order valence-corrected chi connectivity index (χ3v) is 6.12. The molecule has 5 heteroatoms. The molecule has 3 aromatic carbocycles. The minimum Gasteiger partial charge on any atom is -0.444 e. The van der Waals surface area contributed by atoms with E-state index < -0.39 is 17.7 Å². The summed E-state index contributed by atoms with van der Waals surface area (Å²) in [6.07, 6.45) is 0.761. The number of fused-ring (bicyclic) bond motifs is 2.